The highest BCUT2D eigenvalue weighted by Gasteiger charge is 2.29. The molecule has 3 fully saturated rings. The Kier molecular flexibility index (Phi) is 7.41. The zero-order chi connectivity index (χ0) is 32.2. The molecular weight excluding hydrogens is 595 g/mol. The van der Waals surface area contributed by atoms with Gasteiger partial charge in [-0.25, -0.2) is 9.37 Å². The minimum atomic E-state index is -0.477. The van der Waals surface area contributed by atoms with Gasteiger partial charge in [0, 0.05) is 51.2 Å². The molecule has 240 valence electrons. The van der Waals surface area contributed by atoms with Crippen LogP contribution in [-0.2, 0) is 11.8 Å². The number of aromatic nitrogens is 3. The molecule has 0 spiro atoms. The van der Waals surface area contributed by atoms with Crippen LogP contribution in [0.3, 0.4) is 0 Å². The predicted molar refractivity (Wildman–Crippen MR) is 183 cm³/mol. The van der Waals surface area contributed by atoms with E-state index >= 15 is 4.39 Å². The van der Waals surface area contributed by atoms with Crippen molar-refractivity contribution in [2.24, 2.45) is 7.05 Å². The smallest absolute Gasteiger partial charge is 0.274 e. The Morgan fingerprint density at radius 1 is 0.957 bits per heavy atom. The van der Waals surface area contributed by atoms with Gasteiger partial charge in [0.2, 0.25) is 0 Å². The third kappa shape index (κ3) is 5.51. The lowest BCUT2D eigenvalue weighted by Crippen LogP contribution is -2.56. The van der Waals surface area contributed by atoms with Crippen molar-refractivity contribution in [2.75, 3.05) is 49.6 Å². The molecule has 0 unspecified atom stereocenters. The van der Waals surface area contributed by atoms with E-state index in [1.165, 1.54) is 10.6 Å². The number of piperazine rings is 1. The van der Waals surface area contributed by atoms with E-state index in [1.54, 1.807) is 24.0 Å². The molecule has 0 atom stereocenters. The van der Waals surface area contributed by atoms with Gasteiger partial charge in [-0.05, 0) is 84.2 Å². The van der Waals surface area contributed by atoms with Crippen LogP contribution < -0.4 is 21.3 Å². The van der Waals surface area contributed by atoms with Gasteiger partial charge in [0.25, 0.3) is 11.1 Å². The van der Waals surface area contributed by atoms with Gasteiger partial charge in [0.1, 0.15) is 17.3 Å². The molecule has 5 aromatic rings. The van der Waals surface area contributed by atoms with E-state index in [0.29, 0.717) is 34.5 Å². The monoisotopic (exact) mass is 632 g/mol. The lowest BCUT2D eigenvalue weighted by atomic mass is 9.99. The number of rotatable bonds is 7. The van der Waals surface area contributed by atoms with Crippen LogP contribution in [0.2, 0.25) is 0 Å². The van der Waals surface area contributed by atoms with Crippen molar-refractivity contribution in [2.45, 2.75) is 31.7 Å². The molecule has 3 aliphatic rings. The molecule has 2 saturated heterocycles. The highest BCUT2D eigenvalue weighted by atomic mass is 19.1. The predicted octanol–water partition coefficient (Wildman–Crippen LogP) is 5.34. The Balaban J connectivity index is 1.06. The van der Waals surface area contributed by atoms with Crippen LogP contribution in [0.4, 0.5) is 21.6 Å². The molecule has 0 bridgehead atoms. The fraction of sp³-hybridized carbons (Fsp3) is 0.324. The molecule has 1 saturated carbocycles. The topological polar surface area (TPSA) is 84.6 Å². The van der Waals surface area contributed by atoms with Crippen LogP contribution in [0, 0.1) is 12.7 Å². The summed E-state index contributed by atoms with van der Waals surface area (Å²) in [5, 5.41) is 3.95. The number of anilines is 3. The Labute approximate surface area is 271 Å². The number of nitrogens with zero attached hydrogens (tertiary/aromatic N) is 5. The van der Waals surface area contributed by atoms with Crippen molar-refractivity contribution >= 4 is 28.0 Å². The summed E-state index contributed by atoms with van der Waals surface area (Å²) in [5.74, 6) is 0.494. The standard InChI is InChI=1S/C37H37FN6O3/c1-23-30(4-3-5-33(23)44-11-10-25-16-26(24-6-7-24)17-31(38)35(25)37(44)46)27-18-32(36(45)41(2)20-27)40-34-9-8-28(19-39-34)42-12-14-43(15-13-42)29-21-47-22-29/h3-5,8-11,16-20,24,29H,6-7,12-15,21-22H2,1-2H3,(H,39,40). The summed E-state index contributed by atoms with van der Waals surface area (Å²) in [6.07, 6.45) is 7.48. The van der Waals surface area contributed by atoms with Crippen molar-refractivity contribution in [1.29, 1.82) is 0 Å². The van der Waals surface area contributed by atoms with E-state index in [9.17, 15) is 9.59 Å². The molecular formula is C37H37FN6O3. The van der Waals surface area contributed by atoms with Gasteiger partial charge in [-0.15, -0.1) is 0 Å². The molecule has 2 aromatic carbocycles. The van der Waals surface area contributed by atoms with Gasteiger partial charge in [-0.1, -0.05) is 18.2 Å². The second kappa shape index (κ2) is 11.8. The Hall–Kier alpha value is -4.80. The van der Waals surface area contributed by atoms with Crippen molar-refractivity contribution in [1.82, 2.24) is 19.0 Å². The summed E-state index contributed by atoms with van der Waals surface area (Å²) in [6, 6.07) is 17.3. The zero-order valence-electron chi connectivity index (χ0n) is 26.6. The van der Waals surface area contributed by atoms with Crippen molar-refractivity contribution < 1.29 is 9.13 Å². The van der Waals surface area contributed by atoms with Crippen molar-refractivity contribution in [3.05, 3.63) is 111 Å². The van der Waals surface area contributed by atoms with E-state index in [0.717, 1.165) is 80.2 Å². The van der Waals surface area contributed by atoms with Crippen LogP contribution in [-0.4, -0.2) is 64.5 Å². The maximum Gasteiger partial charge on any atom is 0.274 e. The minimum absolute atomic E-state index is 0.0971. The molecule has 47 heavy (non-hydrogen) atoms. The van der Waals surface area contributed by atoms with Crippen molar-refractivity contribution in [3.63, 3.8) is 0 Å². The third-order valence-electron chi connectivity index (χ3n) is 9.91. The number of nitrogens with one attached hydrogen (secondary N) is 1. The lowest BCUT2D eigenvalue weighted by molar-refractivity contribution is -0.0660. The third-order valence-corrected chi connectivity index (χ3v) is 9.91. The van der Waals surface area contributed by atoms with E-state index in [4.69, 9.17) is 4.74 Å². The number of hydrogen-bond donors (Lipinski definition) is 1. The van der Waals surface area contributed by atoms with Gasteiger partial charge < -0.3 is 19.5 Å². The van der Waals surface area contributed by atoms with Gasteiger partial charge in [0.05, 0.1) is 42.2 Å². The van der Waals surface area contributed by atoms with Gasteiger partial charge >= 0.3 is 0 Å². The van der Waals surface area contributed by atoms with Crippen LogP contribution in [0.15, 0.2) is 82.8 Å². The number of ether oxygens (including phenoxy) is 1. The van der Waals surface area contributed by atoms with Crippen LogP contribution in [0.1, 0.15) is 29.9 Å². The molecule has 3 aromatic heterocycles. The summed E-state index contributed by atoms with van der Waals surface area (Å²) < 4.78 is 23.6. The lowest BCUT2D eigenvalue weighted by Gasteiger charge is -2.43. The van der Waals surface area contributed by atoms with E-state index in [2.05, 4.69) is 20.1 Å². The summed E-state index contributed by atoms with van der Waals surface area (Å²) in [6.45, 7) is 7.49. The number of hydrogen-bond acceptors (Lipinski definition) is 7. The molecule has 0 amide bonds. The van der Waals surface area contributed by atoms with Gasteiger partial charge in [-0.3, -0.25) is 19.1 Å². The number of benzene rings is 2. The first-order valence-corrected chi connectivity index (χ1v) is 16.3. The molecule has 2 aliphatic heterocycles. The fourth-order valence-electron chi connectivity index (χ4n) is 6.90. The molecule has 5 heterocycles. The summed E-state index contributed by atoms with van der Waals surface area (Å²) in [7, 11) is 1.72. The molecule has 1 N–H and O–H groups in total. The normalized spacial score (nSPS) is 17.2. The number of halogens is 1. The highest BCUT2D eigenvalue weighted by molar-refractivity contribution is 5.84. The van der Waals surface area contributed by atoms with Crippen molar-refractivity contribution in [3.8, 4) is 16.8 Å². The molecule has 10 heteroatoms. The first kappa shape index (κ1) is 29.6. The first-order valence-electron chi connectivity index (χ1n) is 16.3. The second-order valence-corrected chi connectivity index (χ2v) is 13.0. The van der Waals surface area contributed by atoms with Gasteiger partial charge in [-0.2, -0.15) is 0 Å². The van der Waals surface area contributed by atoms with E-state index in [1.807, 2.05) is 61.7 Å². The first-order chi connectivity index (χ1) is 22.8. The SMILES string of the molecule is Cc1c(-c2cc(Nc3ccc(N4CCN(C5COC5)CC4)cn3)c(=O)n(C)c2)cccc1-n1ccc2cc(C3CC3)cc(F)c2c1=O. The van der Waals surface area contributed by atoms with Crippen LogP contribution in [0.25, 0.3) is 27.6 Å². The van der Waals surface area contributed by atoms with Gasteiger partial charge in [0.15, 0.2) is 0 Å². The summed E-state index contributed by atoms with van der Waals surface area (Å²) >= 11 is 0. The number of pyridine rings is 3. The maximum atomic E-state index is 15.2. The fourth-order valence-corrected chi connectivity index (χ4v) is 6.90. The average Bonchev–Trinajstić information content (AvgIpc) is 3.90. The summed E-state index contributed by atoms with van der Waals surface area (Å²) in [4.78, 5) is 36.3. The largest absolute Gasteiger partial charge is 0.378 e. The zero-order valence-corrected chi connectivity index (χ0v) is 26.6. The van der Waals surface area contributed by atoms with Crippen LogP contribution >= 0.6 is 0 Å². The average molecular weight is 633 g/mol. The molecule has 8 rings (SSSR count). The molecule has 0 radical (unpaired) electrons. The maximum absolute atomic E-state index is 15.2. The molecule has 9 nitrogen and oxygen atoms in total. The number of fused-ring (bicyclic) bond motifs is 1. The summed E-state index contributed by atoms with van der Waals surface area (Å²) in [5.41, 5.74) is 4.98. The number of aryl methyl sites for hydroxylation is 1. The Morgan fingerprint density at radius 3 is 2.47 bits per heavy atom. The highest BCUT2D eigenvalue weighted by Crippen LogP contribution is 2.41. The van der Waals surface area contributed by atoms with Crippen LogP contribution in [0.5, 0.6) is 0 Å². The molecule has 1 aliphatic carbocycles. The quantitative estimate of drug-likeness (QED) is 0.259. The Morgan fingerprint density at radius 2 is 1.77 bits per heavy atom. The minimum Gasteiger partial charge on any atom is -0.378 e. The van der Waals surface area contributed by atoms with E-state index < -0.39 is 11.4 Å². The van der Waals surface area contributed by atoms with E-state index in [-0.39, 0.29) is 10.9 Å². The second-order valence-electron chi connectivity index (χ2n) is 13.0. The Bertz CT molecular complexity index is 2110.